The summed E-state index contributed by atoms with van der Waals surface area (Å²) in [6.45, 7) is 0.777. The number of hydrogen-bond donors (Lipinski definition) is 1. The number of carbonyl (C=O) groups excluding carboxylic acids is 1. The van der Waals surface area contributed by atoms with Crippen molar-refractivity contribution < 1.29 is 9.18 Å². The van der Waals surface area contributed by atoms with Gasteiger partial charge < -0.3 is 10.2 Å². The maximum atomic E-state index is 12.9. The van der Waals surface area contributed by atoms with Gasteiger partial charge in [0.05, 0.1) is 18.3 Å². The van der Waals surface area contributed by atoms with E-state index in [1.165, 1.54) is 17.7 Å². The molecule has 3 rings (SSSR count). The fourth-order valence-corrected chi connectivity index (χ4v) is 2.61. The molecule has 26 heavy (non-hydrogen) atoms. The lowest BCUT2D eigenvalue weighted by atomic mass is 10.1. The smallest absolute Gasteiger partial charge is 0.229 e. The maximum Gasteiger partial charge on any atom is 0.229 e. The summed E-state index contributed by atoms with van der Waals surface area (Å²) >= 11 is 0. The van der Waals surface area contributed by atoms with E-state index in [0.29, 0.717) is 5.82 Å². The summed E-state index contributed by atoms with van der Waals surface area (Å²) in [7, 11) is 2.00. The summed E-state index contributed by atoms with van der Waals surface area (Å²) in [6, 6.07) is 19.8. The summed E-state index contributed by atoms with van der Waals surface area (Å²) < 4.78 is 12.9. The molecule has 0 saturated carbocycles. The molecule has 0 unspecified atom stereocenters. The first-order chi connectivity index (χ1) is 12.6. The number of halogens is 1. The molecule has 132 valence electrons. The first kappa shape index (κ1) is 17.6. The Morgan fingerprint density at radius 3 is 2.38 bits per heavy atom. The third kappa shape index (κ3) is 4.89. The van der Waals surface area contributed by atoms with Gasteiger partial charge in [-0.15, -0.1) is 0 Å². The number of hydrogen-bond acceptors (Lipinski definition) is 3. The van der Waals surface area contributed by atoms with Gasteiger partial charge in [-0.1, -0.05) is 42.5 Å². The zero-order valence-corrected chi connectivity index (χ0v) is 14.5. The largest absolute Gasteiger partial charge is 0.369 e. The molecule has 4 nitrogen and oxygen atoms in total. The lowest BCUT2D eigenvalue weighted by molar-refractivity contribution is -0.115. The minimum atomic E-state index is -0.314. The lowest BCUT2D eigenvalue weighted by Crippen LogP contribution is -2.18. The van der Waals surface area contributed by atoms with Crippen LogP contribution in [0.3, 0.4) is 0 Å². The van der Waals surface area contributed by atoms with Gasteiger partial charge in [-0.3, -0.25) is 4.79 Å². The quantitative estimate of drug-likeness (QED) is 0.730. The average Bonchev–Trinajstić information content (AvgIpc) is 2.65. The van der Waals surface area contributed by atoms with E-state index in [9.17, 15) is 9.18 Å². The van der Waals surface area contributed by atoms with Crippen molar-refractivity contribution in [2.45, 2.75) is 13.0 Å². The van der Waals surface area contributed by atoms with Crippen LogP contribution >= 0.6 is 0 Å². The summed E-state index contributed by atoms with van der Waals surface area (Å²) in [5, 5.41) is 2.76. The highest BCUT2D eigenvalue weighted by molar-refractivity contribution is 5.91. The molecule has 1 heterocycles. The fraction of sp³-hybridized carbons (Fsp3) is 0.143. The van der Waals surface area contributed by atoms with Crippen LogP contribution < -0.4 is 10.2 Å². The zero-order valence-electron chi connectivity index (χ0n) is 14.5. The summed E-state index contributed by atoms with van der Waals surface area (Å²) in [4.78, 5) is 18.5. The molecule has 0 aliphatic heterocycles. The molecule has 0 bridgehead atoms. The van der Waals surface area contributed by atoms with Crippen LogP contribution in [0.1, 0.15) is 11.1 Å². The van der Waals surface area contributed by atoms with E-state index < -0.39 is 0 Å². The number of aromatic nitrogens is 1. The number of pyridine rings is 1. The monoisotopic (exact) mass is 349 g/mol. The topological polar surface area (TPSA) is 45.2 Å². The van der Waals surface area contributed by atoms with Crippen LogP contribution in [-0.4, -0.2) is 17.9 Å². The lowest BCUT2D eigenvalue weighted by Gasteiger charge is -2.19. The van der Waals surface area contributed by atoms with Gasteiger partial charge in [-0.05, 0) is 35.4 Å². The minimum absolute atomic E-state index is 0.178. The summed E-state index contributed by atoms with van der Waals surface area (Å²) in [5.74, 6) is -0.00509. The molecule has 5 heteroatoms. The van der Waals surface area contributed by atoms with Crippen molar-refractivity contribution in [3.63, 3.8) is 0 Å². The van der Waals surface area contributed by atoms with E-state index in [4.69, 9.17) is 0 Å². The molecule has 0 spiro atoms. The van der Waals surface area contributed by atoms with Crippen molar-refractivity contribution >= 4 is 17.4 Å². The third-order valence-corrected chi connectivity index (χ3v) is 4.00. The van der Waals surface area contributed by atoms with Crippen LogP contribution in [0.25, 0.3) is 0 Å². The Balaban J connectivity index is 1.56. The Morgan fingerprint density at radius 1 is 1.00 bits per heavy atom. The van der Waals surface area contributed by atoms with E-state index in [2.05, 4.69) is 27.3 Å². The van der Waals surface area contributed by atoms with Gasteiger partial charge >= 0.3 is 0 Å². The minimum Gasteiger partial charge on any atom is -0.369 e. The first-order valence-electron chi connectivity index (χ1n) is 8.35. The molecule has 1 amide bonds. The van der Waals surface area contributed by atoms with Crippen molar-refractivity contribution in [3.8, 4) is 0 Å². The van der Waals surface area contributed by atoms with Crippen LogP contribution in [0.2, 0.25) is 0 Å². The number of benzene rings is 2. The van der Waals surface area contributed by atoms with Gasteiger partial charge in [0.2, 0.25) is 5.91 Å². The van der Waals surface area contributed by atoms with E-state index in [1.54, 1.807) is 24.4 Å². The molecular formula is C21H20FN3O. The molecule has 0 radical (unpaired) electrons. The highest BCUT2D eigenvalue weighted by atomic mass is 19.1. The van der Waals surface area contributed by atoms with Crippen molar-refractivity contribution in [2.24, 2.45) is 0 Å². The predicted molar refractivity (Wildman–Crippen MR) is 102 cm³/mol. The molecular weight excluding hydrogens is 329 g/mol. The van der Waals surface area contributed by atoms with Crippen LogP contribution in [0.4, 0.5) is 15.9 Å². The molecule has 1 N–H and O–H groups in total. The second-order valence-corrected chi connectivity index (χ2v) is 6.09. The number of nitrogens with one attached hydrogen (secondary N) is 1. The Kier molecular flexibility index (Phi) is 5.59. The third-order valence-electron chi connectivity index (χ3n) is 4.00. The second kappa shape index (κ2) is 8.25. The average molecular weight is 349 g/mol. The van der Waals surface area contributed by atoms with Crippen LogP contribution in [0, 0.1) is 5.82 Å². The highest BCUT2D eigenvalue weighted by Crippen LogP contribution is 2.16. The SMILES string of the molecule is CN(Cc1ccccc1)c1ccc(NC(=O)Cc2ccc(F)cc2)nc1. The van der Waals surface area contributed by atoms with E-state index in [-0.39, 0.29) is 18.1 Å². The van der Waals surface area contributed by atoms with Gasteiger partial charge in [0.15, 0.2) is 0 Å². The van der Waals surface area contributed by atoms with Crippen LogP contribution in [0.5, 0.6) is 0 Å². The van der Waals surface area contributed by atoms with Crippen molar-refractivity contribution in [1.29, 1.82) is 0 Å². The zero-order chi connectivity index (χ0) is 18.4. The van der Waals surface area contributed by atoms with E-state index in [1.807, 2.05) is 31.3 Å². The van der Waals surface area contributed by atoms with E-state index in [0.717, 1.165) is 17.8 Å². The number of rotatable bonds is 6. The number of amides is 1. The van der Waals surface area contributed by atoms with Gasteiger partial charge in [-0.25, -0.2) is 9.37 Å². The van der Waals surface area contributed by atoms with Gasteiger partial charge in [0.25, 0.3) is 0 Å². The molecule has 0 aliphatic carbocycles. The Hall–Kier alpha value is -3.21. The first-order valence-corrected chi connectivity index (χ1v) is 8.35. The number of nitrogens with zero attached hydrogens (tertiary/aromatic N) is 2. The molecule has 0 fully saturated rings. The number of carbonyl (C=O) groups is 1. The molecule has 0 saturated heterocycles. The molecule has 0 atom stereocenters. The van der Waals surface area contributed by atoms with Crippen molar-refractivity contribution in [1.82, 2.24) is 4.98 Å². The molecule has 1 aromatic heterocycles. The fourth-order valence-electron chi connectivity index (χ4n) is 2.61. The Bertz CT molecular complexity index is 849. The maximum absolute atomic E-state index is 12.9. The molecule has 0 aliphatic rings. The standard InChI is InChI=1S/C21H20FN3O/c1-25(15-17-5-3-2-4-6-17)19-11-12-20(23-14-19)24-21(26)13-16-7-9-18(22)10-8-16/h2-12,14H,13,15H2,1H3,(H,23,24,26). The van der Waals surface area contributed by atoms with Gasteiger partial charge in [-0.2, -0.15) is 0 Å². The van der Waals surface area contributed by atoms with Crippen molar-refractivity contribution in [2.75, 3.05) is 17.3 Å². The predicted octanol–water partition coefficient (Wildman–Crippen LogP) is 4.04. The molecule has 2 aromatic carbocycles. The van der Waals surface area contributed by atoms with Crippen LogP contribution in [-0.2, 0) is 17.8 Å². The summed E-state index contributed by atoms with van der Waals surface area (Å²) in [5.41, 5.74) is 2.93. The Morgan fingerprint density at radius 2 is 1.73 bits per heavy atom. The Labute approximate surface area is 152 Å². The number of anilines is 2. The van der Waals surface area contributed by atoms with Gasteiger partial charge in [0.1, 0.15) is 11.6 Å². The van der Waals surface area contributed by atoms with E-state index >= 15 is 0 Å². The second-order valence-electron chi connectivity index (χ2n) is 6.09. The van der Waals surface area contributed by atoms with Gasteiger partial charge in [0, 0.05) is 13.6 Å². The molecule has 3 aromatic rings. The highest BCUT2D eigenvalue weighted by Gasteiger charge is 2.07. The normalized spacial score (nSPS) is 10.4. The van der Waals surface area contributed by atoms with Crippen LogP contribution in [0.15, 0.2) is 72.9 Å². The van der Waals surface area contributed by atoms with Crippen molar-refractivity contribution in [3.05, 3.63) is 89.9 Å². The summed E-state index contributed by atoms with van der Waals surface area (Å²) in [6.07, 6.45) is 1.91.